The molecule has 7 heteroatoms. The third-order valence-corrected chi connectivity index (χ3v) is 4.98. The van der Waals surface area contributed by atoms with Crippen LogP contribution >= 0.6 is 0 Å². The smallest absolute Gasteiger partial charge is 0.408 e. The number of aliphatic carboxylic acids is 1. The molecule has 33 heavy (non-hydrogen) atoms. The molecule has 0 unspecified atom stereocenters. The van der Waals surface area contributed by atoms with Gasteiger partial charge in [0.15, 0.2) is 11.5 Å². The van der Waals surface area contributed by atoms with Crippen LogP contribution in [-0.2, 0) is 29.2 Å². The number of carboxylic acid groups (broad SMARTS) is 1. The zero-order valence-electron chi connectivity index (χ0n) is 18.6. The predicted octanol–water partition coefficient (Wildman–Crippen LogP) is 4.50. The van der Waals surface area contributed by atoms with E-state index in [9.17, 15) is 14.7 Å². The Hall–Kier alpha value is -4.00. The molecule has 0 aliphatic rings. The lowest BCUT2D eigenvalue weighted by atomic mass is 10.0. The van der Waals surface area contributed by atoms with Gasteiger partial charge in [0.2, 0.25) is 0 Å². The molecule has 3 aromatic rings. The molecule has 172 valence electrons. The van der Waals surface area contributed by atoms with Crippen LogP contribution in [0.25, 0.3) is 0 Å². The highest BCUT2D eigenvalue weighted by Gasteiger charge is 2.23. The van der Waals surface area contributed by atoms with E-state index < -0.39 is 18.1 Å². The molecule has 0 saturated heterocycles. The fourth-order valence-electron chi connectivity index (χ4n) is 3.38. The van der Waals surface area contributed by atoms with Gasteiger partial charge in [-0.3, -0.25) is 0 Å². The van der Waals surface area contributed by atoms with Gasteiger partial charge in [0, 0.05) is 6.42 Å². The van der Waals surface area contributed by atoms with Crippen molar-refractivity contribution in [3.63, 3.8) is 0 Å². The minimum atomic E-state index is -1.16. The molecule has 0 aliphatic heterocycles. The molecular weight excluding hydrogens is 422 g/mol. The third-order valence-electron chi connectivity index (χ3n) is 4.98. The van der Waals surface area contributed by atoms with Gasteiger partial charge in [-0.05, 0) is 35.2 Å². The van der Waals surface area contributed by atoms with Crippen LogP contribution in [0, 0.1) is 6.92 Å². The molecule has 1 amide bonds. The summed E-state index contributed by atoms with van der Waals surface area (Å²) in [5.41, 5.74) is 3.29. The molecule has 0 heterocycles. The van der Waals surface area contributed by atoms with Gasteiger partial charge in [-0.25, -0.2) is 9.59 Å². The highest BCUT2D eigenvalue weighted by Crippen LogP contribution is 2.33. The Morgan fingerprint density at radius 1 is 0.909 bits per heavy atom. The minimum Gasteiger partial charge on any atom is -0.493 e. The Labute approximate surface area is 192 Å². The maximum Gasteiger partial charge on any atom is 0.408 e. The number of alkyl carbamates (subject to hydrolysis) is 1. The number of aryl methyl sites for hydroxylation is 1. The van der Waals surface area contributed by atoms with Crippen molar-refractivity contribution in [2.24, 2.45) is 0 Å². The summed E-state index contributed by atoms with van der Waals surface area (Å²) in [6.07, 6.45) is -0.737. The number of nitrogens with one attached hydrogen (secondary N) is 1. The van der Waals surface area contributed by atoms with Crippen LogP contribution in [0.5, 0.6) is 11.5 Å². The van der Waals surface area contributed by atoms with Crippen LogP contribution in [0.4, 0.5) is 4.79 Å². The molecule has 0 aliphatic carbocycles. The van der Waals surface area contributed by atoms with E-state index in [1.165, 1.54) is 0 Å². The highest BCUT2D eigenvalue weighted by atomic mass is 16.5. The largest absolute Gasteiger partial charge is 0.493 e. The number of rotatable bonds is 10. The van der Waals surface area contributed by atoms with Crippen LogP contribution in [0.3, 0.4) is 0 Å². The number of carbonyl (C=O) groups excluding carboxylic acids is 1. The monoisotopic (exact) mass is 449 g/mol. The van der Waals surface area contributed by atoms with Crippen molar-refractivity contribution in [1.29, 1.82) is 0 Å². The van der Waals surface area contributed by atoms with Gasteiger partial charge in [-0.2, -0.15) is 0 Å². The molecule has 0 radical (unpaired) electrons. The van der Waals surface area contributed by atoms with Crippen molar-refractivity contribution in [3.05, 3.63) is 95.1 Å². The second kappa shape index (κ2) is 11.6. The maximum absolute atomic E-state index is 12.2. The highest BCUT2D eigenvalue weighted by molar-refractivity contribution is 5.80. The molecule has 0 aromatic heterocycles. The van der Waals surface area contributed by atoms with Gasteiger partial charge < -0.3 is 24.6 Å². The second-order valence-electron chi connectivity index (χ2n) is 7.52. The van der Waals surface area contributed by atoms with Crippen molar-refractivity contribution < 1.29 is 28.9 Å². The van der Waals surface area contributed by atoms with E-state index >= 15 is 0 Å². The first-order valence-electron chi connectivity index (χ1n) is 10.5. The fraction of sp³-hybridized carbons (Fsp3) is 0.231. The number of carbonyl (C=O) groups is 2. The van der Waals surface area contributed by atoms with E-state index in [-0.39, 0.29) is 13.0 Å². The van der Waals surface area contributed by atoms with Crippen LogP contribution in [0.1, 0.15) is 22.3 Å². The minimum absolute atomic E-state index is 0.0537. The van der Waals surface area contributed by atoms with E-state index in [4.69, 9.17) is 14.2 Å². The van der Waals surface area contributed by atoms with Gasteiger partial charge in [0.1, 0.15) is 19.3 Å². The van der Waals surface area contributed by atoms with Gasteiger partial charge in [-0.15, -0.1) is 0 Å². The number of benzene rings is 3. The molecule has 3 rings (SSSR count). The average molecular weight is 450 g/mol. The lowest BCUT2D eigenvalue weighted by molar-refractivity contribution is -0.139. The summed E-state index contributed by atoms with van der Waals surface area (Å²) in [6, 6.07) is 21.2. The first kappa shape index (κ1) is 23.7. The summed E-state index contributed by atoms with van der Waals surface area (Å²) in [5.74, 6) is -0.0733. The molecule has 7 nitrogen and oxygen atoms in total. The summed E-state index contributed by atoms with van der Waals surface area (Å²) >= 11 is 0. The molecule has 3 aromatic carbocycles. The number of amides is 1. The standard InChI is InChI=1S/C26H27NO6/c1-18-13-21(15-23(24(18)31-2)32-16-19-9-5-3-6-10-19)14-22(25(28)29)27-26(30)33-17-20-11-7-4-8-12-20/h3-13,15,22H,14,16-17H2,1-2H3,(H,27,30)(H,28,29)/t22-/m0/s1. The predicted molar refractivity (Wildman–Crippen MR) is 123 cm³/mol. The van der Waals surface area contributed by atoms with Gasteiger partial charge in [-0.1, -0.05) is 66.7 Å². The fourth-order valence-corrected chi connectivity index (χ4v) is 3.38. The van der Waals surface area contributed by atoms with Crippen molar-refractivity contribution in [3.8, 4) is 11.5 Å². The van der Waals surface area contributed by atoms with Crippen molar-refractivity contribution in [1.82, 2.24) is 5.32 Å². The topological polar surface area (TPSA) is 94.1 Å². The van der Waals surface area contributed by atoms with Crippen LogP contribution in [-0.4, -0.2) is 30.3 Å². The van der Waals surface area contributed by atoms with Crippen molar-refractivity contribution >= 4 is 12.1 Å². The number of hydrogen-bond acceptors (Lipinski definition) is 5. The number of carboxylic acids is 1. The van der Waals surface area contributed by atoms with E-state index in [2.05, 4.69) is 5.32 Å². The Bertz CT molecular complexity index is 1070. The summed E-state index contributed by atoms with van der Waals surface area (Å²) in [7, 11) is 1.56. The first-order chi connectivity index (χ1) is 16.0. The first-order valence-corrected chi connectivity index (χ1v) is 10.5. The Morgan fingerprint density at radius 3 is 2.09 bits per heavy atom. The van der Waals surface area contributed by atoms with Gasteiger partial charge in [0.05, 0.1) is 7.11 Å². The Morgan fingerprint density at radius 2 is 1.52 bits per heavy atom. The van der Waals surface area contributed by atoms with Crippen molar-refractivity contribution in [2.45, 2.75) is 32.6 Å². The van der Waals surface area contributed by atoms with E-state index in [0.29, 0.717) is 23.7 Å². The van der Waals surface area contributed by atoms with E-state index in [1.54, 1.807) is 13.2 Å². The van der Waals surface area contributed by atoms with E-state index in [1.807, 2.05) is 73.7 Å². The molecular formula is C26H27NO6. The number of methoxy groups -OCH3 is 1. The molecule has 0 bridgehead atoms. The van der Waals surface area contributed by atoms with Crippen LogP contribution in [0.15, 0.2) is 72.8 Å². The molecule has 1 atom stereocenters. The quantitative estimate of drug-likeness (QED) is 0.473. The summed E-state index contributed by atoms with van der Waals surface area (Å²) in [6.45, 7) is 2.25. The lowest BCUT2D eigenvalue weighted by Crippen LogP contribution is -2.42. The maximum atomic E-state index is 12.2. The van der Waals surface area contributed by atoms with Gasteiger partial charge in [0.25, 0.3) is 0 Å². The number of hydrogen-bond donors (Lipinski definition) is 2. The summed E-state index contributed by atoms with van der Waals surface area (Å²) in [5, 5.41) is 12.1. The summed E-state index contributed by atoms with van der Waals surface area (Å²) in [4.78, 5) is 24.0. The molecule has 0 fully saturated rings. The SMILES string of the molecule is COc1c(C)cc(C[C@H](NC(=O)OCc2ccccc2)C(=O)O)cc1OCc1ccccc1. The van der Waals surface area contributed by atoms with Crippen LogP contribution in [0.2, 0.25) is 0 Å². The zero-order valence-corrected chi connectivity index (χ0v) is 18.6. The number of ether oxygens (including phenoxy) is 3. The van der Waals surface area contributed by atoms with Crippen LogP contribution < -0.4 is 14.8 Å². The Balaban J connectivity index is 1.68. The zero-order chi connectivity index (χ0) is 23.6. The molecule has 0 spiro atoms. The third kappa shape index (κ3) is 7.00. The Kier molecular flexibility index (Phi) is 8.30. The molecule has 0 saturated carbocycles. The second-order valence-corrected chi connectivity index (χ2v) is 7.52. The summed E-state index contributed by atoms with van der Waals surface area (Å²) < 4.78 is 16.6. The normalized spacial score (nSPS) is 11.3. The van der Waals surface area contributed by atoms with Gasteiger partial charge >= 0.3 is 12.1 Å². The molecule has 2 N–H and O–H groups in total. The van der Waals surface area contributed by atoms with Crippen molar-refractivity contribution in [2.75, 3.05) is 7.11 Å². The van der Waals surface area contributed by atoms with E-state index in [0.717, 1.165) is 16.7 Å². The average Bonchev–Trinajstić information content (AvgIpc) is 2.82. The lowest BCUT2D eigenvalue weighted by Gasteiger charge is -2.18.